The molecule has 0 unspecified atom stereocenters. The van der Waals surface area contributed by atoms with Crippen molar-refractivity contribution in [3.05, 3.63) is 27.7 Å². The quantitative estimate of drug-likeness (QED) is 0.626. The molecule has 0 radical (unpaired) electrons. The Bertz CT molecular complexity index is 405. The molecule has 1 rings (SSSR count). The van der Waals surface area contributed by atoms with Crippen LogP contribution in [0.3, 0.4) is 0 Å². The van der Waals surface area contributed by atoms with Gasteiger partial charge in [-0.25, -0.2) is 8.78 Å². The van der Waals surface area contributed by atoms with Gasteiger partial charge in [-0.05, 0) is 35.8 Å². The summed E-state index contributed by atoms with van der Waals surface area (Å²) in [5.41, 5.74) is 0.0302. The highest BCUT2D eigenvalue weighted by molar-refractivity contribution is 9.10. The van der Waals surface area contributed by atoms with E-state index in [2.05, 4.69) is 15.9 Å². The van der Waals surface area contributed by atoms with E-state index in [1.807, 2.05) is 0 Å². The molecule has 0 fully saturated rings. The number of rotatable bonds is 3. The Kier molecular flexibility index (Phi) is 3.79. The highest BCUT2D eigenvalue weighted by atomic mass is 79.9. The minimum Gasteiger partial charge on any atom is -0.492 e. The van der Waals surface area contributed by atoms with Gasteiger partial charge in [0.25, 0.3) is 0 Å². The summed E-state index contributed by atoms with van der Waals surface area (Å²) in [6.07, 6.45) is 0. The van der Waals surface area contributed by atoms with Crippen molar-refractivity contribution in [1.29, 1.82) is 0 Å². The Balaban J connectivity index is 3.43. The van der Waals surface area contributed by atoms with Crippen molar-refractivity contribution >= 4 is 21.7 Å². The van der Waals surface area contributed by atoms with Crippen molar-refractivity contribution in [2.75, 3.05) is 6.61 Å². The van der Waals surface area contributed by atoms with Crippen LogP contribution in [0.15, 0.2) is 10.5 Å². The fourth-order valence-corrected chi connectivity index (χ4v) is 1.64. The van der Waals surface area contributed by atoms with Gasteiger partial charge in [-0.1, -0.05) is 0 Å². The molecule has 0 aliphatic heterocycles. The van der Waals surface area contributed by atoms with Crippen LogP contribution in [0, 0.1) is 11.6 Å². The highest BCUT2D eigenvalue weighted by Gasteiger charge is 2.19. The Morgan fingerprint density at radius 2 is 2.13 bits per heavy atom. The van der Waals surface area contributed by atoms with Crippen molar-refractivity contribution in [2.45, 2.75) is 13.8 Å². The molecule has 0 saturated carbocycles. The molecular weight excluding hydrogens is 270 g/mol. The lowest BCUT2D eigenvalue weighted by molar-refractivity contribution is 0.101. The van der Waals surface area contributed by atoms with E-state index in [1.54, 1.807) is 6.92 Å². The Morgan fingerprint density at radius 1 is 1.53 bits per heavy atom. The molecule has 15 heavy (non-hydrogen) atoms. The second-order valence-corrected chi connectivity index (χ2v) is 3.65. The van der Waals surface area contributed by atoms with Crippen LogP contribution in [-0.2, 0) is 0 Å². The van der Waals surface area contributed by atoms with Crippen LogP contribution in [0.5, 0.6) is 5.75 Å². The fraction of sp³-hybridized carbons (Fsp3) is 0.300. The van der Waals surface area contributed by atoms with Gasteiger partial charge in [-0.2, -0.15) is 0 Å². The number of ketones is 1. The van der Waals surface area contributed by atoms with Gasteiger partial charge in [-0.3, -0.25) is 4.79 Å². The number of carbonyl (C=O) groups excluding carboxylic acids is 1. The molecule has 0 spiro atoms. The molecule has 0 N–H and O–H groups in total. The minimum atomic E-state index is -1.07. The van der Waals surface area contributed by atoms with E-state index in [1.165, 1.54) is 6.92 Å². The number of carbonyl (C=O) groups is 1. The smallest absolute Gasteiger partial charge is 0.176 e. The molecule has 82 valence electrons. The van der Waals surface area contributed by atoms with Crippen molar-refractivity contribution in [3.63, 3.8) is 0 Å². The zero-order valence-corrected chi connectivity index (χ0v) is 9.82. The molecule has 0 bridgehead atoms. The van der Waals surface area contributed by atoms with Gasteiger partial charge >= 0.3 is 0 Å². The van der Waals surface area contributed by atoms with Gasteiger partial charge in [0.15, 0.2) is 17.4 Å². The van der Waals surface area contributed by atoms with Gasteiger partial charge in [0.1, 0.15) is 5.75 Å². The first-order valence-electron chi connectivity index (χ1n) is 4.30. The third-order valence-corrected chi connectivity index (χ3v) is 2.49. The second-order valence-electron chi connectivity index (χ2n) is 2.85. The Hall–Kier alpha value is -0.970. The van der Waals surface area contributed by atoms with E-state index < -0.39 is 11.6 Å². The highest BCUT2D eigenvalue weighted by Crippen LogP contribution is 2.33. The van der Waals surface area contributed by atoms with Crippen LogP contribution in [0.4, 0.5) is 8.78 Å². The van der Waals surface area contributed by atoms with Crippen LogP contribution >= 0.6 is 15.9 Å². The number of ether oxygens (including phenoxy) is 1. The Labute approximate surface area is 94.4 Å². The first-order chi connectivity index (χ1) is 6.99. The summed E-state index contributed by atoms with van der Waals surface area (Å²) in [7, 11) is 0. The average molecular weight is 279 g/mol. The number of halogens is 3. The van der Waals surface area contributed by atoms with Crippen LogP contribution < -0.4 is 4.74 Å². The lowest BCUT2D eigenvalue weighted by atomic mass is 10.1. The van der Waals surface area contributed by atoms with Crippen LogP contribution in [0.2, 0.25) is 0 Å². The fourth-order valence-electron chi connectivity index (χ4n) is 1.13. The van der Waals surface area contributed by atoms with Gasteiger partial charge < -0.3 is 4.74 Å². The molecule has 2 nitrogen and oxygen atoms in total. The van der Waals surface area contributed by atoms with Crippen LogP contribution in [0.1, 0.15) is 24.2 Å². The van der Waals surface area contributed by atoms with E-state index in [0.717, 1.165) is 6.07 Å². The summed E-state index contributed by atoms with van der Waals surface area (Å²) >= 11 is 2.86. The van der Waals surface area contributed by atoms with Crippen LogP contribution in [0.25, 0.3) is 0 Å². The molecule has 5 heteroatoms. The van der Waals surface area contributed by atoms with Crippen molar-refractivity contribution in [1.82, 2.24) is 0 Å². The first kappa shape index (κ1) is 12.1. The van der Waals surface area contributed by atoms with E-state index >= 15 is 0 Å². The second kappa shape index (κ2) is 4.70. The molecule has 0 heterocycles. The van der Waals surface area contributed by atoms with Crippen LogP contribution in [-0.4, -0.2) is 12.4 Å². The molecule has 0 aliphatic carbocycles. The van der Waals surface area contributed by atoms with Crippen molar-refractivity contribution in [2.24, 2.45) is 0 Å². The maximum absolute atomic E-state index is 13.1. The first-order valence-corrected chi connectivity index (χ1v) is 5.09. The summed E-state index contributed by atoms with van der Waals surface area (Å²) in [6.45, 7) is 3.23. The number of hydrogen-bond donors (Lipinski definition) is 0. The predicted octanol–water partition coefficient (Wildman–Crippen LogP) is 3.33. The van der Waals surface area contributed by atoms with Gasteiger partial charge in [0, 0.05) is 0 Å². The lowest BCUT2D eigenvalue weighted by Crippen LogP contribution is -2.04. The zero-order chi connectivity index (χ0) is 11.6. The van der Waals surface area contributed by atoms with E-state index in [-0.39, 0.29) is 28.2 Å². The predicted molar refractivity (Wildman–Crippen MR) is 55.2 cm³/mol. The third-order valence-electron chi connectivity index (χ3n) is 1.79. The summed E-state index contributed by atoms with van der Waals surface area (Å²) in [4.78, 5) is 11.2. The van der Waals surface area contributed by atoms with E-state index in [0.29, 0.717) is 0 Å². The van der Waals surface area contributed by atoms with Gasteiger partial charge in [-0.15, -0.1) is 0 Å². The van der Waals surface area contributed by atoms with Crippen molar-refractivity contribution in [3.8, 4) is 5.75 Å². The number of benzene rings is 1. The van der Waals surface area contributed by atoms with Crippen molar-refractivity contribution < 1.29 is 18.3 Å². The summed E-state index contributed by atoms with van der Waals surface area (Å²) in [5.74, 6) is -2.46. The SMILES string of the molecule is CCOc1c(C(C)=O)cc(F)c(F)c1Br. The summed E-state index contributed by atoms with van der Waals surface area (Å²) < 4.78 is 31.1. The van der Waals surface area contributed by atoms with Gasteiger partial charge in [0.05, 0.1) is 16.6 Å². The normalized spacial score (nSPS) is 10.2. The maximum Gasteiger partial charge on any atom is 0.176 e. The summed E-state index contributed by atoms with van der Waals surface area (Å²) in [6, 6.07) is 0.841. The Morgan fingerprint density at radius 3 is 2.60 bits per heavy atom. The third kappa shape index (κ3) is 2.34. The molecular formula is C10H9BrF2O2. The maximum atomic E-state index is 13.1. The molecule has 0 amide bonds. The minimum absolute atomic E-state index is 0.0302. The van der Waals surface area contributed by atoms with E-state index in [9.17, 15) is 13.6 Å². The standard InChI is InChI=1S/C10H9BrF2O2/c1-3-15-10-6(5(2)14)4-7(12)9(13)8(10)11/h4H,3H2,1-2H3. The monoisotopic (exact) mass is 278 g/mol. The molecule has 0 atom stereocenters. The molecule has 1 aromatic rings. The molecule has 1 aromatic carbocycles. The topological polar surface area (TPSA) is 26.3 Å². The number of Topliss-reactive ketones (excluding diaryl/α,β-unsaturated/α-hetero) is 1. The molecule has 0 aliphatic rings. The molecule has 0 aromatic heterocycles. The average Bonchev–Trinajstić information content (AvgIpc) is 2.18. The number of hydrogen-bond acceptors (Lipinski definition) is 2. The van der Waals surface area contributed by atoms with E-state index in [4.69, 9.17) is 4.74 Å². The largest absolute Gasteiger partial charge is 0.492 e. The zero-order valence-electron chi connectivity index (χ0n) is 8.23. The van der Waals surface area contributed by atoms with Gasteiger partial charge in [0.2, 0.25) is 0 Å². The molecule has 0 saturated heterocycles. The summed E-state index contributed by atoms with van der Waals surface area (Å²) in [5, 5.41) is 0. The lowest BCUT2D eigenvalue weighted by Gasteiger charge is -2.11.